The van der Waals surface area contributed by atoms with Gasteiger partial charge in [0.1, 0.15) is 11.4 Å². The van der Waals surface area contributed by atoms with E-state index in [2.05, 4.69) is 35.7 Å². The van der Waals surface area contributed by atoms with Gasteiger partial charge in [0.15, 0.2) is 0 Å². The van der Waals surface area contributed by atoms with E-state index in [4.69, 9.17) is 4.74 Å². The van der Waals surface area contributed by atoms with Gasteiger partial charge in [-0.2, -0.15) is 0 Å². The van der Waals surface area contributed by atoms with Crippen LogP contribution in [0.2, 0.25) is 0 Å². The molecule has 0 aliphatic carbocycles. The first-order chi connectivity index (χ1) is 15.1. The van der Waals surface area contributed by atoms with Crippen molar-refractivity contribution in [1.82, 2.24) is 9.80 Å². The molecule has 31 heavy (non-hydrogen) atoms. The van der Waals surface area contributed by atoms with E-state index in [1.165, 1.54) is 10.5 Å². The van der Waals surface area contributed by atoms with Gasteiger partial charge in [0, 0.05) is 19.6 Å². The van der Waals surface area contributed by atoms with Crippen molar-refractivity contribution >= 4 is 17.4 Å². The van der Waals surface area contributed by atoms with Crippen LogP contribution < -0.4 is 4.74 Å². The number of nitrogens with zero attached hydrogens (tertiary/aromatic N) is 2. The largest absolute Gasteiger partial charge is 0.497 e. The molecular weight excluding hydrogens is 388 g/mol. The van der Waals surface area contributed by atoms with Gasteiger partial charge >= 0.3 is 0 Å². The van der Waals surface area contributed by atoms with E-state index in [1.54, 1.807) is 13.2 Å². The summed E-state index contributed by atoms with van der Waals surface area (Å²) in [6, 6.07) is 17.9. The molecule has 1 fully saturated rings. The highest BCUT2D eigenvalue weighted by molar-refractivity contribution is 6.35. The van der Waals surface area contributed by atoms with Gasteiger partial charge in [-0.1, -0.05) is 48.5 Å². The summed E-state index contributed by atoms with van der Waals surface area (Å²) < 4.78 is 5.24. The van der Waals surface area contributed by atoms with Gasteiger partial charge < -0.3 is 9.64 Å². The zero-order valence-corrected chi connectivity index (χ0v) is 17.9. The number of likely N-dealkylation sites (tertiary alicyclic amines) is 1. The van der Waals surface area contributed by atoms with Crippen LogP contribution in [0.3, 0.4) is 0 Å². The number of imide groups is 1. The lowest BCUT2D eigenvalue weighted by Gasteiger charge is -2.34. The monoisotopic (exact) mass is 416 g/mol. The number of carbonyl (C=O) groups is 2. The van der Waals surface area contributed by atoms with Crippen LogP contribution in [0.25, 0.3) is 5.57 Å². The summed E-state index contributed by atoms with van der Waals surface area (Å²) in [6.07, 6.45) is 4.64. The molecule has 0 bridgehead atoms. The first-order valence-corrected chi connectivity index (χ1v) is 10.8. The second-order valence-corrected chi connectivity index (χ2v) is 8.08. The Balaban J connectivity index is 1.58. The van der Waals surface area contributed by atoms with E-state index in [0.717, 1.165) is 37.9 Å². The summed E-state index contributed by atoms with van der Waals surface area (Å²) in [5.74, 6) is 0.821. The molecule has 0 aromatic heterocycles. The molecule has 5 heteroatoms. The third-order valence-electron chi connectivity index (χ3n) is 6.13. The molecule has 2 aliphatic rings. The lowest BCUT2D eigenvalue weighted by molar-refractivity contribution is -0.137. The Morgan fingerprint density at radius 3 is 2.29 bits per heavy atom. The Morgan fingerprint density at radius 2 is 1.68 bits per heavy atom. The van der Waals surface area contributed by atoms with Gasteiger partial charge in [-0.25, -0.2) is 0 Å². The summed E-state index contributed by atoms with van der Waals surface area (Å²) in [5, 5.41) is 0. The molecule has 160 valence electrons. The van der Waals surface area contributed by atoms with Crippen molar-refractivity contribution in [2.24, 2.45) is 5.92 Å². The molecular formula is C26H28N2O3. The van der Waals surface area contributed by atoms with Gasteiger partial charge in [-0.15, -0.1) is 6.58 Å². The molecule has 2 amide bonds. The molecule has 2 aromatic carbocycles. The van der Waals surface area contributed by atoms with Crippen molar-refractivity contribution in [1.29, 1.82) is 0 Å². The topological polar surface area (TPSA) is 49.9 Å². The second kappa shape index (κ2) is 9.21. The maximum absolute atomic E-state index is 13.2. The summed E-state index contributed by atoms with van der Waals surface area (Å²) in [7, 11) is 1.61. The Hall–Kier alpha value is -3.34. The van der Waals surface area contributed by atoms with E-state index >= 15 is 0 Å². The quantitative estimate of drug-likeness (QED) is 0.507. The Kier molecular flexibility index (Phi) is 6.21. The van der Waals surface area contributed by atoms with Crippen molar-refractivity contribution < 1.29 is 14.3 Å². The smallest absolute Gasteiger partial charge is 0.278 e. The Morgan fingerprint density at radius 1 is 1.00 bits per heavy atom. The standard InChI is InChI=1S/C26H28N2O3/c1-3-15-28-25(29)23(21-9-11-22(31-2)12-10-21)24(26(28)30)27-16-13-20(14-17-27)18-19-7-5-4-6-8-19/h3-12,20H,1,13-18H2,2H3. The van der Waals surface area contributed by atoms with E-state index in [-0.39, 0.29) is 18.4 Å². The molecule has 0 spiro atoms. The first-order valence-electron chi connectivity index (χ1n) is 10.8. The minimum atomic E-state index is -0.253. The number of methoxy groups -OCH3 is 1. The van der Waals surface area contributed by atoms with Crippen LogP contribution in [-0.2, 0) is 16.0 Å². The molecule has 2 aromatic rings. The molecule has 5 nitrogen and oxygen atoms in total. The van der Waals surface area contributed by atoms with Gasteiger partial charge in [0.2, 0.25) is 0 Å². The molecule has 2 aliphatic heterocycles. The second-order valence-electron chi connectivity index (χ2n) is 8.08. The Labute approximate surface area is 183 Å². The van der Waals surface area contributed by atoms with Crippen LogP contribution >= 0.6 is 0 Å². The number of benzene rings is 2. The summed E-state index contributed by atoms with van der Waals surface area (Å²) in [6.45, 7) is 5.46. The normalized spacial score (nSPS) is 17.5. The SMILES string of the molecule is C=CCN1C(=O)C(c2ccc(OC)cc2)=C(N2CCC(Cc3ccccc3)CC2)C1=O. The fourth-order valence-electron chi connectivity index (χ4n) is 4.48. The highest BCUT2D eigenvalue weighted by Crippen LogP contribution is 2.35. The number of piperidine rings is 1. The number of ether oxygens (including phenoxy) is 1. The van der Waals surface area contributed by atoms with Gasteiger partial charge in [0.25, 0.3) is 11.8 Å². The van der Waals surface area contributed by atoms with Crippen LogP contribution in [0.1, 0.15) is 24.0 Å². The maximum atomic E-state index is 13.2. The average molecular weight is 417 g/mol. The van der Waals surface area contributed by atoms with E-state index in [1.807, 2.05) is 30.3 Å². The minimum Gasteiger partial charge on any atom is -0.497 e. The van der Waals surface area contributed by atoms with E-state index < -0.39 is 0 Å². The molecule has 4 rings (SSSR count). The van der Waals surface area contributed by atoms with Crippen LogP contribution in [0.15, 0.2) is 72.9 Å². The van der Waals surface area contributed by atoms with E-state index in [0.29, 0.717) is 22.9 Å². The number of amides is 2. The summed E-state index contributed by atoms with van der Waals surface area (Å²) >= 11 is 0. The molecule has 0 atom stereocenters. The fourth-order valence-corrected chi connectivity index (χ4v) is 4.48. The number of carbonyl (C=O) groups excluding carboxylic acids is 2. The molecule has 0 N–H and O–H groups in total. The summed E-state index contributed by atoms with van der Waals surface area (Å²) in [4.78, 5) is 29.8. The zero-order chi connectivity index (χ0) is 21.8. The van der Waals surface area contributed by atoms with Crippen LogP contribution in [0.4, 0.5) is 0 Å². The lowest BCUT2D eigenvalue weighted by atomic mass is 9.89. The number of hydrogen-bond donors (Lipinski definition) is 0. The van der Waals surface area contributed by atoms with Gasteiger partial charge in [0.05, 0.1) is 12.7 Å². The van der Waals surface area contributed by atoms with Crippen LogP contribution in [0.5, 0.6) is 5.75 Å². The predicted octanol–water partition coefficient (Wildman–Crippen LogP) is 3.92. The average Bonchev–Trinajstić information content (AvgIpc) is 3.05. The van der Waals surface area contributed by atoms with Crippen molar-refractivity contribution in [2.45, 2.75) is 19.3 Å². The molecule has 1 saturated heterocycles. The predicted molar refractivity (Wildman–Crippen MR) is 121 cm³/mol. The highest BCUT2D eigenvalue weighted by Gasteiger charge is 2.41. The number of hydrogen-bond acceptors (Lipinski definition) is 4. The fraction of sp³-hybridized carbons (Fsp3) is 0.308. The van der Waals surface area contributed by atoms with E-state index in [9.17, 15) is 9.59 Å². The summed E-state index contributed by atoms with van der Waals surface area (Å²) in [5.41, 5.74) is 3.10. The number of rotatable bonds is 7. The third kappa shape index (κ3) is 4.26. The maximum Gasteiger partial charge on any atom is 0.278 e. The highest BCUT2D eigenvalue weighted by atomic mass is 16.5. The molecule has 2 heterocycles. The van der Waals surface area contributed by atoms with Gasteiger partial charge in [-0.05, 0) is 48.4 Å². The minimum absolute atomic E-state index is 0.214. The molecule has 0 radical (unpaired) electrons. The molecule has 0 unspecified atom stereocenters. The van der Waals surface area contributed by atoms with Crippen molar-refractivity contribution in [3.63, 3.8) is 0 Å². The molecule has 0 saturated carbocycles. The van der Waals surface area contributed by atoms with Crippen LogP contribution in [0, 0.1) is 5.92 Å². The third-order valence-corrected chi connectivity index (χ3v) is 6.13. The van der Waals surface area contributed by atoms with Crippen LogP contribution in [-0.4, -0.2) is 48.4 Å². The van der Waals surface area contributed by atoms with Gasteiger partial charge in [-0.3, -0.25) is 14.5 Å². The first kappa shape index (κ1) is 20.9. The Bertz CT molecular complexity index is 987. The zero-order valence-electron chi connectivity index (χ0n) is 17.9. The van der Waals surface area contributed by atoms with Crippen molar-refractivity contribution in [3.8, 4) is 5.75 Å². The lowest BCUT2D eigenvalue weighted by Crippen LogP contribution is -2.39. The van der Waals surface area contributed by atoms with Crippen molar-refractivity contribution in [3.05, 3.63) is 84.1 Å². The van der Waals surface area contributed by atoms with Crippen molar-refractivity contribution in [2.75, 3.05) is 26.7 Å².